The molecule has 0 atom stereocenters. The number of alkyl halides is 1. The predicted molar refractivity (Wildman–Crippen MR) is 57.3 cm³/mol. The van der Waals surface area contributed by atoms with Crippen LogP contribution in [0.2, 0.25) is 0 Å². The van der Waals surface area contributed by atoms with E-state index >= 15 is 0 Å². The van der Waals surface area contributed by atoms with Crippen molar-refractivity contribution in [2.45, 2.75) is 13.3 Å². The summed E-state index contributed by atoms with van der Waals surface area (Å²) in [5.41, 5.74) is 2.78. The monoisotopic (exact) mass is 225 g/mol. The average molecular weight is 226 g/mol. The van der Waals surface area contributed by atoms with Crippen LogP contribution in [0.1, 0.15) is 11.4 Å². The van der Waals surface area contributed by atoms with Crippen LogP contribution in [0.15, 0.2) is 12.4 Å². The molecule has 0 radical (unpaired) electrons. The van der Waals surface area contributed by atoms with Crippen LogP contribution in [0.3, 0.4) is 0 Å². The van der Waals surface area contributed by atoms with Gasteiger partial charge in [-0.15, -0.1) is 16.7 Å². The van der Waals surface area contributed by atoms with Crippen molar-refractivity contribution in [2.24, 2.45) is 7.05 Å². The molecule has 0 unspecified atom stereocenters. The number of aromatic nitrogens is 5. The molecule has 2 aromatic heterocycles. The van der Waals surface area contributed by atoms with Gasteiger partial charge < -0.3 is 0 Å². The molecule has 0 aliphatic heterocycles. The van der Waals surface area contributed by atoms with Crippen LogP contribution in [0.5, 0.6) is 0 Å². The minimum Gasteiger partial charge on any atom is -0.273 e. The normalized spacial score (nSPS) is 10.9. The van der Waals surface area contributed by atoms with Crippen LogP contribution >= 0.6 is 11.6 Å². The van der Waals surface area contributed by atoms with Crippen LogP contribution in [0.25, 0.3) is 5.69 Å². The van der Waals surface area contributed by atoms with Gasteiger partial charge in [0, 0.05) is 19.3 Å². The fourth-order valence-electron chi connectivity index (χ4n) is 1.44. The van der Waals surface area contributed by atoms with Gasteiger partial charge in [-0.1, -0.05) is 5.21 Å². The molecule has 0 bridgehead atoms. The first-order chi connectivity index (χ1) is 7.20. The topological polar surface area (TPSA) is 48.5 Å². The molecule has 0 fully saturated rings. The minimum absolute atomic E-state index is 0.560. The maximum atomic E-state index is 5.63. The van der Waals surface area contributed by atoms with Crippen molar-refractivity contribution in [2.75, 3.05) is 5.88 Å². The number of nitrogens with zero attached hydrogens (tertiary/aromatic N) is 5. The Morgan fingerprint density at radius 3 is 2.80 bits per heavy atom. The summed E-state index contributed by atoms with van der Waals surface area (Å²) in [4.78, 5) is 0. The van der Waals surface area contributed by atoms with E-state index in [-0.39, 0.29) is 0 Å². The number of hydrogen-bond donors (Lipinski definition) is 0. The first kappa shape index (κ1) is 10.2. The molecular weight excluding hydrogens is 214 g/mol. The zero-order valence-electron chi connectivity index (χ0n) is 8.68. The molecule has 0 saturated carbocycles. The first-order valence-electron chi connectivity index (χ1n) is 4.68. The Balaban J connectivity index is 2.32. The molecule has 0 aliphatic carbocycles. The lowest BCUT2D eigenvalue weighted by molar-refractivity contribution is 0.755. The molecule has 0 aliphatic rings. The molecule has 0 saturated heterocycles. The van der Waals surface area contributed by atoms with Crippen LogP contribution in [-0.2, 0) is 13.5 Å². The van der Waals surface area contributed by atoms with Crippen molar-refractivity contribution >= 4 is 11.6 Å². The second kappa shape index (κ2) is 4.02. The Bertz CT molecular complexity index is 459. The summed E-state index contributed by atoms with van der Waals surface area (Å²) in [6.45, 7) is 1.94. The second-order valence-corrected chi connectivity index (χ2v) is 3.74. The Labute approximate surface area is 92.7 Å². The third kappa shape index (κ3) is 2.02. The Morgan fingerprint density at radius 2 is 2.20 bits per heavy atom. The molecule has 80 valence electrons. The van der Waals surface area contributed by atoms with E-state index in [4.69, 9.17) is 11.6 Å². The van der Waals surface area contributed by atoms with Gasteiger partial charge in [-0.05, 0) is 6.92 Å². The first-order valence-corrected chi connectivity index (χ1v) is 5.22. The predicted octanol–water partition coefficient (Wildman–Crippen LogP) is 1.09. The van der Waals surface area contributed by atoms with Gasteiger partial charge in [-0.2, -0.15) is 5.10 Å². The lowest BCUT2D eigenvalue weighted by atomic mass is 10.3. The van der Waals surface area contributed by atoms with Crippen LogP contribution in [0, 0.1) is 6.92 Å². The van der Waals surface area contributed by atoms with Gasteiger partial charge in [-0.25, -0.2) is 4.68 Å². The van der Waals surface area contributed by atoms with Gasteiger partial charge >= 0.3 is 0 Å². The van der Waals surface area contributed by atoms with Crippen molar-refractivity contribution < 1.29 is 0 Å². The lowest BCUT2D eigenvalue weighted by Crippen LogP contribution is -1.95. The van der Waals surface area contributed by atoms with Gasteiger partial charge in [0.05, 0.1) is 23.8 Å². The van der Waals surface area contributed by atoms with Crippen molar-refractivity contribution in [3.8, 4) is 5.69 Å². The molecule has 15 heavy (non-hydrogen) atoms. The molecule has 2 rings (SSSR count). The van der Waals surface area contributed by atoms with E-state index in [1.165, 1.54) is 0 Å². The molecule has 5 nitrogen and oxygen atoms in total. The van der Waals surface area contributed by atoms with Gasteiger partial charge in [0.25, 0.3) is 0 Å². The molecule has 0 N–H and O–H groups in total. The summed E-state index contributed by atoms with van der Waals surface area (Å²) in [6, 6.07) is 0. The van der Waals surface area contributed by atoms with E-state index in [0.29, 0.717) is 5.88 Å². The Morgan fingerprint density at radius 1 is 1.40 bits per heavy atom. The van der Waals surface area contributed by atoms with E-state index in [0.717, 1.165) is 23.5 Å². The van der Waals surface area contributed by atoms with Crippen LogP contribution in [0.4, 0.5) is 0 Å². The van der Waals surface area contributed by atoms with Crippen LogP contribution < -0.4 is 0 Å². The van der Waals surface area contributed by atoms with Crippen molar-refractivity contribution in [1.82, 2.24) is 24.8 Å². The zero-order chi connectivity index (χ0) is 10.8. The summed E-state index contributed by atoms with van der Waals surface area (Å²) in [5.74, 6) is 0.560. The third-order valence-corrected chi connectivity index (χ3v) is 2.31. The largest absolute Gasteiger partial charge is 0.273 e. The Kier molecular flexibility index (Phi) is 2.73. The van der Waals surface area contributed by atoms with E-state index in [9.17, 15) is 0 Å². The second-order valence-electron chi connectivity index (χ2n) is 3.37. The van der Waals surface area contributed by atoms with Crippen molar-refractivity contribution in [3.63, 3.8) is 0 Å². The van der Waals surface area contributed by atoms with Gasteiger partial charge in [0.15, 0.2) is 0 Å². The molecule has 0 aromatic carbocycles. The third-order valence-electron chi connectivity index (χ3n) is 2.13. The molecule has 6 heteroatoms. The lowest BCUT2D eigenvalue weighted by Gasteiger charge is -1.94. The molecule has 2 aromatic rings. The summed E-state index contributed by atoms with van der Waals surface area (Å²) < 4.78 is 3.48. The SMILES string of the molecule is Cc1nn(C)cc1-n1cc(CCCl)nn1. The summed E-state index contributed by atoms with van der Waals surface area (Å²) in [5, 5.41) is 12.3. The van der Waals surface area contributed by atoms with E-state index < -0.39 is 0 Å². The highest BCUT2D eigenvalue weighted by molar-refractivity contribution is 6.17. The van der Waals surface area contributed by atoms with E-state index in [1.807, 2.05) is 26.4 Å². The summed E-state index contributed by atoms with van der Waals surface area (Å²) in [6.07, 6.45) is 4.53. The number of halogens is 1. The minimum atomic E-state index is 0.560. The van der Waals surface area contributed by atoms with Gasteiger partial charge in [0.1, 0.15) is 5.69 Å². The molecule has 0 amide bonds. The summed E-state index contributed by atoms with van der Waals surface area (Å²) in [7, 11) is 1.88. The average Bonchev–Trinajstić information content (AvgIpc) is 2.73. The molecule has 0 spiro atoms. The highest BCUT2D eigenvalue weighted by atomic mass is 35.5. The quantitative estimate of drug-likeness (QED) is 0.735. The number of aryl methyl sites for hydroxylation is 3. The van der Waals surface area contributed by atoms with E-state index in [1.54, 1.807) is 9.36 Å². The van der Waals surface area contributed by atoms with Crippen molar-refractivity contribution in [1.29, 1.82) is 0 Å². The van der Waals surface area contributed by atoms with Crippen LogP contribution in [-0.4, -0.2) is 30.7 Å². The summed E-state index contributed by atoms with van der Waals surface area (Å²) >= 11 is 5.63. The zero-order valence-corrected chi connectivity index (χ0v) is 9.44. The van der Waals surface area contributed by atoms with Crippen molar-refractivity contribution in [3.05, 3.63) is 23.8 Å². The number of hydrogen-bond acceptors (Lipinski definition) is 3. The maximum absolute atomic E-state index is 5.63. The molecule has 2 heterocycles. The molecular formula is C9H12ClN5. The fourth-order valence-corrected chi connectivity index (χ4v) is 1.63. The smallest absolute Gasteiger partial charge is 0.107 e. The maximum Gasteiger partial charge on any atom is 0.107 e. The van der Waals surface area contributed by atoms with E-state index in [2.05, 4.69) is 15.4 Å². The highest BCUT2D eigenvalue weighted by Gasteiger charge is 2.07. The van der Waals surface area contributed by atoms with Gasteiger partial charge in [-0.3, -0.25) is 4.68 Å². The van der Waals surface area contributed by atoms with Gasteiger partial charge in [0.2, 0.25) is 0 Å². The number of rotatable bonds is 3. The Hall–Kier alpha value is -1.36. The fraction of sp³-hybridized carbons (Fsp3) is 0.444. The standard InChI is InChI=1S/C9H12ClN5/c1-7-9(6-14(2)12-7)15-5-8(3-4-10)11-13-15/h5-6H,3-4H2,1-2H3. The highest BCUT2D eigenvalue weighted by Crippen LogP contribution is 2.10.